The molecule has 0 unspecified atom stereocenters. The quantitative estimate of drug-likeness (QED) is 0.520. The van der Waals surface area contributed by atoms with Gasteiger partial charge >= 0.3 is 0 Å². The number of carbonyl (C=O) groups is 1. The van der Waals surface area contributed by atoms with Gasteiger partial charge in [-0.15, -0.1) is 10.2 Å². The molecule has 1 saturated carbocycles. The summed E-state index contributed by atoms with van der Waals surface area (Å²) < 4.78 is 32.4. The first-order chi connectivity index (χ1) is 11.7. The summed E-state index contributed by atoms with van der Waals surface area (Å²) in [4.78, 5) is 11.9. The Bertz CT molecular complexity index is 676. The molecule has 10 heteroatoms. The molecule has 0 bridgehead atoms. The van der Waals surface area contributed by atoms with E-state index >= 15 is 0 Å². The Morgan fingerprint density at radius 2 is 1.96 bits per heavy atom. The number of nitrogens with one attached hydrogen (secondary N) is 2. The maximum Gasteiger partial charge on any atom is 0.269 e. The van der Waals surface area contributed by atoms with Gasteiger partial charge in [0.2, 0.25) is 15.4 Å². The average Bonchev–Trinajstić information content (AvgIpc) is 3.17. The fourth-order valence-corrected chi connectivity index (χ4v) is 4.31. The Balaban J connectivity index is 1.78. The zero-order valence-corrected chi connectivity index (χ0v) is 16.5. The van der Waals surface area contributed by atoms with Crippen molar-refractivity contribution in [2.24, 2.45) is 5.41 Å². The lowest BCUT2D eigenvalue weighted by Gasteiger charge is -2.15. The molecule has 1 aliphatic rings. The van der Waals surface area contributed by atoms with Gasteiger partial charge in [0.15, 0.2) is 0 Å². The number of sulfonamides is 1. The van der Waals surface area contributed by atoms with E-state index in [2.05, 4.69) is 20.2 Å². The van der Waals surface area contributed by atoms with Crippen LogP contribution in [-0.4, -0.2) is 43.8 Å². The van der Waals surface area contributed by atoms with Crippen molar-refractivity contribution in [3.8, 4) is 0 Å². The normalized spacial score (nSPS) is 16.3. The van der Waals surface area contributed by atoms with Crippen LogP contribution < -0.4 is 10.0 Å². The minimum absolute atomic E-state index is 0.159. The number of hydrogen-bond acceptors (Lipinski definition) is 7. The van der Waals surface area contributed by atoms with Crippen LogP contribution in [-0.2, 0) is 19.6 Å². The van der Waals surface area contributed by atoms with Gasteiger partial charge in [-0.05, 0) is 19.3 Å². The molecule has 0 aliphatic heterocycles. The number of anilines is 1. The lowest BCUT2D eigenvalue weighted by atomic mass is 9.96. The standard InChI is InChI=1S/C15H26N4O4S2/c1-15(2,3)12(20)17-13-18-19-14(24-13)25(21,22)16-9-6-10-23-11-7-4-5-8-11/h11,16H,4-10H2,1-3H3,(H,17,18,20). The van der Waals surface area contributed by atoms with E-state index in [9.17, 15) is 13.2 Å². The largest absolute Gasteiger partial charge is 0.378 e. The highest BCUT2D eigenvalue weighted by Crippen LogP contribution is 2.23. The fourth-order valence-electron chi connectivity index (χ4n) is 2.30. The Labute approximate surface area is 152 Å². The molecule has 0 spiro atoms. The molecule has 1 aliphatic carbocycles. The van der Waals surface area contributed by atoms with Crippen LogP contribution >= 0.6 is 11.3 Å². The second kappa shape index (κ2) is 8.52. The van der Waals surface area contributed by atoms with Gasteiger partial charge in [-0.1, -0.05) is 44.9 Å². The summed E-state index contributed by atoms with van der Waals surface area (Å²) in [7, 11) is -3.72. The maximum absolute atomic E-state index is 12.2. The van der Waals surface area contributed by atoms with Crippen molar-refractivity contribution in [2.75, 3.05) is 18.5 Å². The van der Waals surface area contributed by atoms with Crippen LogP contribution in [0, 0.1) is 5.41 Å². The molecule has 1 heterocycles. The highest BCUT2D eigenvalue weighted by Gasteiger charge is 2.25. The molecule has 0 saturated heterocycles. The third-order valence-electron chi connectivity index (χ3n) is 3.81. The zero-order chi connectivity index (χ0) is 18.5. The molecule has 0 aromatic carbocycles. The summed E-state index contributed by atoms with van der Waals surface area (Å²) in [5.74, 6) is -0.246. The summed E-state index contributed by atoms with van der Waals surface area (Å²) in [5.41, 5.74) is -0.595. The van der Waals surface area contributed by atoms with Gasteiger partial charge in [-0.2, -0.15) is 0 Å². The van der Waals surface area contributed by atoms with Gasteiger partial charge in [-0.3, -0.25) is 4.79 Å². The van der Waals surface area contributed by atoms with E-state index in [1.165, 1.54) is 12.8 Å². The van der Waals surface area contributed by atoms with Crippen LogP contribution in [0.2, 0.25) is 0 Å². The SMILES string of the molecule is CC(C)(C)C(=O)Nc1nnc(S(=O)(=O)NCCCOC2CCCC2)s1. The summed E-state index contributed by atoms with van der Waals surface area (Å²) in [6, 6.07) is 0. The predicted octanol–water partition coefficient (Wildman–Crippen LogP) is 2.15. The predicted molar refractivity (Wildman–Crippen MR) is 96.0 cm³/mol. The van der Waals surface area contributed by atoms with E-state index < -0.39 is 15.4 Å². The molecule has 8 nitrogen and oxygen atoms in total. The molecule has 142 valence electrons. The molecule has 1 fully saturated rings. The Hall–Kier alpha value is -1.10. The van der Waals surface area contributed by atoms with Gasteiger partial charge < -0.3 is 10.1 Å². The van der Waals surface area contributed by atoms with E-state index in [0.29, 0.717) is 19.1 Å². The molecule has 1 aromatic rings. The summed E-state index contributed by atoms with van der Waals surface area (Å²) in [6.07, 6.45) is 5.54. The molecule has 1 aromatic heterocycles. The van der Waals surface area contributed by atoms with E-state index in [0.717, 1.165) is 24.2 Å². The van der Waals surface area contributed by atoms with E-state index in [1.54, 1.807) is 20.8 Å². The number of carbonyl (C=O) groups excluding carboxylic acids is 1. The zero-order valence-electron chi connectivity index (χ0n) is 14.9. The highest BCUT2D eigenvalue weighted by atomic mass is 32.2. The molecule has 2 N–H and O–H groups in total. The van der Waals surface area contributed by atoms with Crippen LogP contribution in [0.5, 0.6) is 0 Å². The molecule has 2 rings (SSSR count). The second-order valence-electron chi connectivity index (χ2n) is 7.11. The fraction of sp³-hybridized carbons (Fsp3) is 0.800. The number of hydrogen-bond donors (Lipinski definition) is 2. The first-order valence-corrected chi connectivity index (χ1v) is 10.7. The number of amides is 1. The Morgan fingerprint density at radius 3 is 2.60 bits per heavy atom. The molecule has 0 radical (unpaired) electrons. The third kappa shape index (κ3) is 6.28. The van der Waals surface area contributed by atoms with Crippen molar-refractivity contribution in [3.05, 3.63) is 0 Å². The van der Waals surface area contributed by atoms with Gasteiger partial charge in [0.25, 0.3) is 10.0 Å². The molecule has 0 atom stereocenters. The monoisotopic (exact) mass is 390 g/mol. The van der Waals surface area contributed by atoms with Gasteiger partial charge in [0.05, 0.1) is 6.10 Å². The van der Waals surface area contributed by atoms with E-state index in [4.69, 9.17) is 4.74 Å². The van der Waals surface area contributed by atoms with Crippen molar-refractivity contribution in [3.63, 3.8) is 0 Å². The molecule has 25 heavy (non-hydrogen) atoms. The number of aromatic nitrogens is 2. The van der Waals surface area contributed by atoms with Crippen LogP contribution in [0.15, 0.2) is 4.34 Å². The van der Waals surface area contributed by atoms with E-state index in [-0.39, 0.29) is 21.9 Å². The summed E-state index contributed by atoms with van der Waals surface area (Å²) in [5, 5.41) is 10.1. The number of nitrogens with zero attached hydrogens (tertiary/aromatic N) is 2. The summed E-state index contributed by atoms with van der Waals surface area (Å²) >= 11 is 0.833. The minimum atomic E-state index is -3.72. The molecular formula is C15H26N4O4S2. The van der Waals surface area contributed by atoms with Gasteiger partial charge in [-0.25, -0.2) is 13.1 Å². The lowest BCUT2D eigenvalue weighted by Crippen LogP contribution is -2.27. The first kappa shape index (κ1) is 20.2. The van der Waals surface area contributed by atoms with Crippen molar-refractivity contribution in [1.82, 2.24) is 14.9 Å². The topological polar surface area (TPSA) is 110 Å². The number of ether oxygens (including phenoxy) is 1. The van der Waals surface area contributed by atoms with Crippen molar-refractivity contribution < 1.29 is 17.9 Å². The Morgan fingerprint density at radius 1 is 1.28 bits per heavy atom. The maximum atomic E-state index is 12.2. The van der Waals surface area contributed by atoms with Gasteiger partial charge in [0.1, 0.15) is 0 Å². The summed E-state index contributed by atoms with van der Waals surface area (Å²) in [6.45, 7) is 6.09. The smallest absolute Gasteiger partial charge is 0.269 e. The van der Waals surface area contributed by atoms with E-state index in [1.807, 2.05) is 0 Å². The third-order valence-corrected chi connectivity index (χ3v) is 6.47. The second-order valence-corrected chi connectivity index (χ2v) is 10.0. The lowest BCUT2D eigenvalue weighted by molar-refractivity contribution is -0.123. The Kier molecular flexibility index (Phi) is 6.89. The molecular weight excluding hydrogens is 364 g/mol. The van der Waals surface area contributed by atoms with Crippen LogP contribution in [0.1, 0.15) is 52.9 Å². The van der Waals surface area contributed by atoms with Crippen LogP contribution in [0.4, 0.5) is 5.13 Å². The van der Waals surface area contributed by atoms with Crippen molar-refractivity contribution in [1.29, 1.82) is 0 Å². The number of rotatable bonds is 8. The minimum Gasteiger partial charge on any atom is -0.378 e. The highest BCUT2D eigenvalue weighted by molar-refractivity contribution is 7.91. The van der Waals surface area contributed by atoms with Crippen LogP contribution in [0.3, 0.4) is 0 Å². The van der Waals surface area contributed by atoms with Crippen LogP contribution in [0.25, 0.3) is 0 Å². The molecule has 1 amide bonds. The first-order valence-electron chi connectivity index (χ1n) is 8.45. The van der Waals surface area contributed by atoms with Crippen molar-refractivity contribution in [2.45, 2.75) is 63.3 Å². The van der Waals surface area contributed by atoms with Gasteiger partial charge in [0, 0.05) is 18.6 Å². The average molecular weight is 391 g/mol. The van der Waals surface area contributed by atoms with Crippen molar-refractivity contribution >= 4 is 32.4 Å².